The summed E-state index contributed by atoms with van der Waals surface area (Å²) in [4.78, 5) is 13.6. The molecule has 1 aromatic carbocycles. The highest BCUT2D eigenvalue weighted by Crippen LogP contribution is 2.16. The SMILES string of the molecule is CCCS(=O)(=O)NC1CCN(C(=O)Nc2ccccc2F)C1. The van der Waals surface area contributed by atoms with Crippen LogP contribution in [0.4, 0.5) is 14.9 Å². The lowest BCUT2D eigenvalue weighted by Gasteiger charge is -2.18. The first-order valence-corrected chi connectivity index (χ1v) is 8.87. The Labute approximate surface area is 129 Å². The van der Waals surface area contributed by atoms with Crippen molar-refractivity contribution in [2.24, 2.45) is 0 Å². The molecule has 1 aliphatic heterocycles. The second kappa shape index (κ2) is 7.06. The van der Waals surface area contributed by atoms with Crippen LogP contribution in [0.15, 0.2) is 24.3 Å². The molecule has 0 saturated carbocycles. The number of sulfonamides is 1. The Balaban J connectivity index is 1.90. The van der Waals surface area contributed by atoms with Crippen molar-refractivity contribution in [1.82, 2.24) is 9.62 Å². The van der Waals surface area contributed by atoms with E-state index >= 15 is 0 Å². The van der Waals surface area contributed by atoms with E-state index in [1.54, 1.807) is 19.1 Å². The van der Waals surface area contributed by atoms with E-state index in [9.17, 15) is 17.6 Å². The Bertz CT molecular complexity index is 636. The molecule has 122 valence electrons. The third-order valence-electron chi connectivity index (χ3n) is 3.41. The fraction of sp³-hybridized carbons (Fsp3) is 0.500. The summed E-state index contributed by atoms with van der Waals surface area (Å²) in [6.45, 7) is 2.50. The minimum Gasteiger partial charge on any atom is -0.323 e. The molecule has 1 saturated heterocycles. The zero-order chi connectivity index (χ0) is 16.2. The Hall–Kier alpha value is -1.67. The zero-order valence-corrected chi connectivity index (χ0v) is 13.2. The number of halogens is 1. The highest BCUT2D eigenvalue weighted by Gasteiger charge is 2.29. The highest BCUT2D eigenvalue weighted by atomic mass is 32.2. The molecule has 8 heteroatoms. The van der Waals surface area contributed by atoms with E-state index < -0.39 is 21.9 Å². The third-order valence-corrected chi connectivity index (χ3v) is 5.05. The number of nitrogens with one attached hydrogen (secondary N) is 2. The first-order chi connectivity index (χ1) is 10.4. The van der Waals surface area contributed by atoms with Crippen LogP contribution in [0, 0.1) is 5.82 Å². The smallest absolute Gasteiger partial charge is 0.321 e. The minimum absolute atomic E-state index is 0.0743. The summed E-state index contributed by atoms with van der Waals surface area (Å²) in [5, 5.41) is 2.50. The molecule has 0 bridgehead atoms. The number of anilines is 1. The van der Waals surface area contributed by atoms with Crippen molar-refractivity contribution in [2.75, 3.05) is 24.2 Å². The number of likely N-dealkylation sites (tertiary alicyclic amines) is 1. The zero-order valence-electron chi connectivity index (χ0n) is 12.4. The maximum Gasteiger partial charge on any atom is 0.321 e. The van der Waals surface area contributed by atoms with Crippen LogP contribution in [0.25, 0.3) is 0 Å². The minimum atomic E-state index is -3.30. The van der Waals surface area contributed by atoms with E-state index in [4.69, 9.17) is 0 Å². The van der Waals surface area contributed by atoms with Gasteiger partial charge in [0.15, 0.2) is 0 Å². The lowest BCUT2D eigenvalue weighted by Crippen LogP contribution is -2.40. The topological polar surface area (TPSA) is 78.5 Å². The summed E-state index contributed by atoms with van der Waals surface area (Å²) in [6.07, 6.45) is 1.09. The van der Waals surface area contributed by atoms with Gasteiger partial charge in [0.2, 0.25) is 10.0 Å². The molecule has 0 radical (unpaired) electrons. The Morgan fingerprint density at radius 1 is 1.41 bits per heavy atom. The largest absolute Gasteiger partial charge is 0.323 e. The molecule has 6 nitrogen and oxygen atoms in total. The van der Waals surface area contributed by atoms with Crippen LogP contribution >= 0.6 is 0 Å². The lowest BCUT2D eigenvalue weighted by molar-refractivity contribution is 0.221. The number of carbonyl (C=O) groups excluding carboxylic acids is 1. The summed E-state index contributed by atoms with van der Waals surface area (Å²) >= 11 is 0. The van der Waals surface area contributed by atoms with E-state index in [2.05, 4.69) is 10.0 Å². The van der Waals surface area contributed by atoms with Crippen molar-refractivity contribution in [3.8, 4) is 0 Å². The number of benzene rings is 1. The summed E-state index contributed by atoms with van der Waals surface area (Å²) < 4.78 is 39.5. The fourth-order valence-electron chi connectivity index (χ4n) is 2.38. The second-order valence-corrected chi connectivity index (χ2v) is 7.15. The van der Waals surface area contributed by atoms with E-state index in [0.29, 0.717) is 19.4 Å². The molecule has 1 fully saturated rings. The van der Waals surface area contributed by atoms with Crippen molar-refractivity contribution < 1.29 is 17.6 Å². The average molecular weight is 329 g/mol. The average Bonchev–Trinajstić information content (AvgIpc) is 2.89. The van der Waals surface area contributed by atoms with Crippen molar-refractivity contribution in [1.29, 1.82) is 0 Å². The summed E-state index contributed by atoms with van der Waals surface area (Å²) in [5.41, 5.74) is 0.113. The number of rotatable bonds is 5. The van der Waals surface area contributed by atoms with Gasteiger partial charge in [-0.25, -0.2) is 22.3 Å². The van der Waals surface area contributed by atoms with Crippen molar-refractivity contribution >= 4 is 21.7 Å². The first-order valence-electron chi connectivity index (χ1n) is 7.21. The highest BCUT2D eigenvalue weighted by molar-refractivity contribution is 7.89. The van der Waals surface area contributed by atoms with Crippen molar-refractivity contribution in [3.63, 3.8) is 0 Å². The molecule has 2 amide bonds. The molecule has 1 heterocycles. The quantitative estimate of drug-likeness (QED) is 0.864. The molecular formula is C14H20FN3O3S. The van der Waals surface area contributed by atoms with Crippen LogP contribution in [-0.2, 0) is 10.0 Å². The molecule has 22 heavy (non-hydrogen) atoms. The van der Waals surface area contributed by atoms with Crippen molar-refractivity contribution in [2.45, 2.75) is 25.8 Å². The maximum absolute atomic E-state index is 13.5. The molecular weight excluding hydrogens is 309 g/mol. The molecule has 2 N–H and O–H groups in total. The van der Waals surface area contributed by atoms with Crippen molar-refractivity contribution in [3.05, 3.63) is 30.1 Å². The van der Waals surface area contributed by atoms with Crippen LogP contribution < -0.4 is 10.0 Å². The Morgan fingerprint density at radius 3 is 2.82 bits per heavy atom. The molecule has 0 aromatic heterocycles. The van der Waals surface area contributed by atoms with Gasteiger partial charge in [0.05, 0.1) is 11.4 Å². The van der Waals surface area contributed by atoms with Gasteiger partial charge < -0.3 is 10.2 Å². The summed E-state index contributed by atoms with van der Waals surface area (Å²) in [7, 11) is -3.30. The number of hydrogen-bond acceptors (Lipinski definition) is 3. The van der Waals surface area contributed by atoms with Crippen LogP contribution in [-0.4, -0.2) is 44.2 Å². The normalized spacial score (nSPS) is 18.5. The standard InChI is InChI=1S/C14H20FN3O3S/c1-2-9-22(20,21)17-11-7-8-18(10-11)14(19)16-13-6-4-3-5-12(13)15/h3-6,11,17H,2,7-10H2,1H3,(H,16,19). The van der Waals surface area contributed by atoms with Crippen LogP contribution in [0.5, 0.6) is 0 Å². The predicted molar refractivity (Wildman–Crippen MR) is 82.6 cm³/mol. The summed E-state index contributed by atoms with van der Waals surface area (Å²) in [5.74, 6) is -0.430. The molecule has 0 spiro atoms. The van der Waals surface area contributed by atoms with E-state index in [1.807, 2.05) is 0 Å². The number of carbonyl (C=O) groups is 1. The molecule has 1 unspecified atom stereocenters. The number of urea groups is 1. The number of nitrogens with zero attached hydrogens (tertiary/aromatic N) is 1. The maximum atomic E-state index is 13.5. The van der Waals surface area contributed by atoms with Gasteiger partial charge in [-0.15, -0.1) is 0 Å². The monoisotopic (exact) mass is 329 g/mol. The van der Waals surface area contributed by atoms with Gasteiger partial charge in [-0.05, 0) is 25.0 Å². The van der Waals surface area contributed by atoms with Crippen LogP contribution in [0.2, 0.25) is 0 Å². The number of hydrogen-bond donors (Lipinski definition) is 2. The van der Waals surface area contributed by atoms with E-state index in [1.165, 1.54) is 17.0 Å². The molecule has 1 aliphatic rings. The first kappa shape index (κ1) is 16.7. The second-order valence-electron chi connectivity index (χ2n) is 5.28. The molecule has 2 rings (SSSR count). The number of para-hydroxylation sites is 1. The molecule has 0 aliphatic carbocycles. The van der Waals surface area contributed by atoms with Gasteiger partial charge in [-0.1, -0.05) is 19.1 Å². The fourth-order valence-corrected chi connectivity index (χ4v) is 3.73. The van der Waals surface area contributed by atoms with Gasteiger partial charge in [-0.3, -0.25) is 0 Å². The van der Waals surface area contributed by atoms with E-state index in [-0.39, 0.29) is 24.0 Å². The van der Waals surface area contributed by atoms with Gasteiger partial charge in [0.25, 0.3) is 0 Å². The Morgan fingerprint density at radius 2 is 2.14 bits per heavy atom. The van der Waals surface area contributed by atoms with Gasteiger partial charge in [0, 0.05) is 19.1 Å². The predicted octanol–water partition coefficient (Wildman–Crippen LogP) is 1.76. The van der Waals surface area contributed by atoms with Crippen LogP contribution in [0.3, 0.4) is 0 Å². The van der Waals surface area contributed by atoms with Crippen LogP contribution in [0.1, 0.15) is 19.8 Å². The third kappa shape index (κ3) is 4.41. The number of amides is 2. The van der Waals surface area contributed by atoms with Gasteiger partial charge in [-0.2, -0.15) is 0 Å². The molecule has 1 aromatic rings. The van der Waals surface area contributed by atoms with Gasteiger partial charge >= 0.3 is 6.03 Å². The molecule has 1 atom stereocenters. The summed E-state index contributed by atoms with van der Waals surface area (Å²) in [6, 6.07) is 5.20. The van der Waals surface area contributed by atoms with E-state index in [0.717, 1.165) is 0 Å². The lowest BCUT2D eigenvalue weighted by atomic mass is 10.3. The van der Waals surface area contributed by atoms with Gasteiger partial charge in [0.1, 0.15) is 5.82 Å². The Kier molecular flexibility index (Phi) is 5.36.